The van der Waals surface area contributed by atoms with Gasteiger partial charge in [0.2, 0.25) is 10.0 Å². The molecule has 0 radical (unpaired) electrons. The number of aromatic nitrogens is 2. The third-order valence-corrected chi connectivity index (χ3v) is 3.43. The van der Waals surface area contributed by atoms with Crippen LogP contribution in [0.2, 0.25) is 0 Å². The van der Waals surface area contributed by atoms with E-state index >= 15 is 0 Å². The minimum atomic E-state index is -3.63. The Balaban J connectivity index is 2.05. The van der Waals surface area contributed by atoms with Gasteiger partial charge in [-0.3, -0.25) is 0 Å². The summed E-state index contributed by atoms with van der Waals surface area (Å²) in [6.07, 6.45) is 1.68. The second-order valence-electron chi connectivity index (χ2n) is 4.03. The maximum Gasteiger partial charge on any atom is 0.238 e. The molecule has 1 aromatic heterocycles. The fourth-order valence-corrected chi connectivity index (χ4v) is 2.06. The van der Waals surface area contributed by atoms with Gasteiger partial charge in [-0.2, -0.15) is 0 Å². The van der Waals surface area contributed by atoms with E-state index in [0.717, 1.165) is 11.4 Å². The van der Waals surface area contributed by atoms with Gasteiger partial charge in [-0.15, -0.1) is 0 Å². The van der Waals surface area contributed by atoms with E-state index in [0.29, 0.717) is 12.4 Å². The molecule has 0 spiro atoms. The highest BCUT2D eigenvalue weighted by molar-refractivity contribution is 7.89. The molecular weight excluding hydrogens is 264 g/mol. The van der Waals surface area contributed by atoms with Crippen molar-refractivity contribution < 1.29 is 8.42 Å². The summed E-state index contributed by atoms with van der Waals surface area (Å²) in [4.78, 5) is 8.31. The Morgan fingerprint density at radius 2 is 1.89 bits per heavy atom. The Morgan fingerprint density at radius 3 is 2.47 bits per heavy atom. The highest BCUT2D eigenvalue weighted by Crippen LogP contribution is 2.10. The van der Waals surface area contributed by atoms with Gasteiger partial charge >= 0.3 is 0 Å². The number of sulfonamides is 1. The van der Waals surface area contributed by atoms with Gasteiger partial charge in [-0.1, -0.05) is 12.1 Å². The molecule has 0 aliphatic rings. The van der Waals surface area contributed by atoms with Crippen molar-refractivity contribution in [1.29, 1.82) is 0 Å². The van der Waals surface area contributed by atoms with Crippen LogP contribution < -0.4 is 10.5 Å². The molecule has 0 unspecified atom stereocenters. The fraction of sp³-hybridized carbons (Fsp3) is 0.167. The second-order valence-corrected chi connectivity index (χ2v) is 5.59. The highest BCUT2D eigenvalue weighted by Gasteiger charge is 2.06. The first-order valence-corrected chi connectivity index (χ1v) is 7.15. The minimum Gasteiger partial charge on any atom is -0.366 e. The van der Waals surface area contributed by atoms with Crippen LogP contribution in [-0.4, -0.2) is 18.4 Å². The number of aryl methyl sites for hydroxylation is 1. The Hall–Kier alpha value is -1.99. The molecule has 0 saturated heterocycles. The summed E-state index contributed by atoms with van der Waals surface area (Å²) in [5, 5.41) is 8.16. The van der Waals surface area contributed by atoms with E-state index in [1.807, 2.05) is 6.92 Å². The summed E-state index contributed by atoms with van der Waals surface area (Å²) in [5.74, 6) is 1.41. The molecule has 0 amide bonds. The Morgan fingerprint density at radius 1 is 1.21 bits per heavy atom. The average molecular weight is 278 g/mol. The van der Waals surface area contributed by atoms with E-state index in [4.69, 9.17) is 5.14 Å². The second kappa shape index (κ2) is 5.33. The molecule has 0 aliphatic heterocycles. The third-order valence-electron chi connectivity index (χ3n) is 2.50. The maximum absolute atomic E-state index is 11.1. The lowest BCUT2D eigenvalue weighted by atomic mass is 10.2. The summed E-state index contributed by atoms with van der Waals surface area (Å²) < 4.78 is 22.2. The predicted octanol–water partition coefficient (Wildman–Crippen LogP) is 1.04. The monoisotopic (exact) mass is 278 g/mol. The number of nitrogens with one attached hydrogen (secondary N) is 1. The lowest BCUT2D eigenvalue weighted by Gasteiger charge is -2.06. The number of hydrogen-bond acceptors (Lipinski definition) is 5. The van der Waals surface area contributed by atoms with Crippen molar-refractivity contribution in [2.24, 2.45) is 5.14 Å². The summed E-state index contributed by atoms with van der Waals surface area (Å²) in [6, 6.07) is 8.16. The largest absolute Gasteiger partial charge is 0.366 e. The molecule has 1 heterocycles. The number of hydrogen-bond donors (Lipinski definition) is 2. The zero-order valence-corrected chi connectivity index (χ0v) is 11.2. The first-order chi connectivity index (χ1) is 8.95. The SMILES string of the molecule is Cc1nccc(NCc2ccc(S(N)(=O)=O)cc2)n1. The van der Waals surface area contributed by atoms with Gasteiger partial charge in [0.05, 0.1) is 4.90 Å². The smallest absolute Gasteiger partial charge is 0.238 e. The van der Waals surface area contributed by atoms with Gasteiger partial charge in [-0.05, 0) is 30.7 Å². The normalized spacial score (nSPS) is 11.3. The molecule has 7 heteroatoms. The Labute approximate surface area is 111 Å². The predicted molar refractivity (Wildman–Crippen MR) is 71.9 cm³/mol. The molecular formula is C12H14N4O2S. The number of anilines is 1. The van der Waals surface area contributed by atoms with E-state index in [1.54, 1.807) is 24.4 Å². The van der Waals surface area contributed by atoms with Crippen LogP contribution in [0.15, 0.2) is 41.4 Å². The fourth-order valence-electron chi connectivity index (χ4n) is 1.54. The highest BCUT2D eigenvalue weighted by atomic mass is 32.2. The molecule has 2 aromatic rings. The molecule has 19 heavy (non-hydrogen) atoms. The van der Waals surface area contributed by atoms with Crippen LogP contribution in [-0.2, 0) is 16.6 Å². The number of rotatable bonds is 4. The average Bonchev–Trinajstić information content (AvgIpc) is 2.36. The number of benzene rings is 1. The van der Waals surface area contributed by atoms with Crippen LogP contribution in [0.1, 0.15) is 11.4 Å². The van der Waals surface area contributed by atoms with Crippen molar-refractivity contribution in [1.82, 2.24) is 9.97 Å². The van der Waals surface area contributed by atoms with Gasteiger partial charge in [0.1, 0.15) is 11.6 Å². The number of nitrogens with two attached hydrogens (primary N) is 1. The molecule has 3 N–H and O–H groups in total. The van der Waals surface area contributed by atoms with Crippen LogP contribution >= 0.6 is 0 Å². The van der Waals surface area contributed by atoms with Gasteiger partial charge in [0.25, 0.3) is 0 Å². The van der Waals surface area contributed by atoms with Crippen LogP contribution in [0.25, 0.3) is 0 Å². The summed E-state index contributed by atoms with van der Waals surface area (Å²) >= 11 is 0. The van der Waals surface area contributed by atoms with Crippen molar-refractivity contribution in [3.63, 3.8) is 0 Å². The Kier molecular flexibility index (Phi) is 3.77. The molecule has 100 valence electrons. The molecule has 0 bridgehead atoms. The standard InChI is InChI=1S/C12H14N4O2S/c1-9-14-7-6-12(16-9)15-8-10-2-4-11(5-3-10)19(13,17)18/h2-7H,8H2,1H3,(H2,13,17,18)(H,14,15,16). The molecule has 0 saturated carbocycles. The molecule has 1 aromatic carbocycles. The van der Waals surface area contributed by atoms with Gasteiger partial charge in [0.15, 0.2) is 0 Å². The first kappa shape index (κ1) is 13.4. The molecule has 0 atom stereocenters. The number of nitrogens with zero attached hydrogens (tertiary/aromatic N) is 2. The van der Waals surface area contributed by atoms with Crippen LogP contribution in [0, 0.1) is 6.92 Å². The van der Waals surface area contributed by atoms with E-state index in [9.17, 15) is 8.42 Å². The lowest BCUT2D eigenvalue weighted by Crippen LogP contribution is -2.12. The van der Waals surface area contributed by atoms with Gasteiger partial charge in [0, 0.05) is 12.7 Å². The van der Waals surface area contributed by atoms with E-state index in [1.165, 1.54) is 12.1 Å². The van der Waals surface area contributed by atoms with Crippen molar-refractivity contribution in [2.75, 3.05) is 5.32 Å². The van der Waals surface area contributed by atoms with E-state index < -0.39 is 10.0 Å². The van der Waals surface area contributed by atoms with Gasteiger partial charge in [-0.25, -0.2) is 23.5 Å². The molecule has 0 fully saturated rings. The number of primary sulfonamides is 1. The van der Waals surface area contributed by atoms with Gasteiger partial charge < -0.3 is 5.32 Å². The third kappa shape index (κ3) is 3.73. The van der Waals surface area contributed by atoms with E-state index in [2.05, 4.69) is 15.3 Å². The van der Waals surface area contributed by atoms with Crippen molar-refractivity contribution in [3.05, 3.63) is 47.9 Å². The summed E-state index contributed by atoms with van der Waals surface area (Å²) in [7, 11) is -3.63. The lowest BCUT2D eigenvalue weighted by molar-refractivity contribution is 0.598. The van der Waals surface area contributed by atoms with E-state index in [-0.39, 0.29) is 4.90 Å². The van der Waals surface area contributed by atoms with Crippen molar-refractivity contribution in [2.45, 2.75) is 18.4 Å². The van der Waals surface area contributed by atoms with Crippen LogP contribution in [0.5, 0.6) is 0 Å². The maximum atomic E-state index is 11.1. The zero-order chi connectivity index (χ0) is 13.9. The zero-order valence-electron chi connectivity index (χ0n) is 10.4. The first-order valence-electron chi connectivity index (χ1n) is 5.60. The quantitative estimate of drug-likeness (QED) is 0.871. The van der Waals surface area contributed by atoms with Crippen LogP contribution in [0.3, 0.4) is 0 Å². The minimum absolute atomic E-state index is 0.106. The van der Waals surface area contributed by atoms with Crippen LogP contribution in [0.4, 0.5) is 5.82 Å². The summed E-state index contributed by atoms with van der Waals surface area (Å²) in [5.41, 5.74) is 0.934. The summed E-state index contributed by atoms with van der Waals surface area (Å²) in [6.45, 7) is 2.35. The Bertz CT molecular complexity index is 668. The van der Waals surface area contributed by atoms with Crippen molar-refractivity contribution >= 4 is 15.8 Å². The topological polar surface area (TPSA) is 98.0 Å². The van der Waals surface area contributed by atoms with Crippen molar-refractivity contribution in [3.8, 4) is 0 Å². The molecule has 0 aliphatic carbocycles. The molecule has 6 nitrogen and oxygen atoms in total. The molecule has 2 rings (SSSR count).